The molecule has 1 saturated heterocycles. The number of rotatable bonds is 3. The zero-order valence-corrected chi connectivity index (χ0v) is 15.0. The molecule has 1 aromatic carbocycles. The summed E-state index contributed by atoms with van der Waals surface area (Å²) in [6.07, 6.45) is 2.96. The summed E-state index contributed by atoms with van der Waals surface area (Å²) >= 11 is 0. The maximum absolute atomic E-state index is 14.0. The number of halogens is 1. The molecule has 1 fully saturated rings. The average molecular weight is 365 g/mol. The lowest BCUT2D eigenvalue weighted by atomic mass is 10.2. The van der Waals surface area contributed by atoms with Gasteiger partial charge < -0.3 is 9.80 Å². The number of carbonyl (C=O) groups is 1. The molecule has 0 unspecified atom stereocenters. The van der Waals surface area contributed by atoms with E-state index >= 15 is 0 Å². The van der Waals surface area contributed by atoms with Gasteiger partial charge in [-0.25, -0.2) is 9.07 Å². The zero-order valence-electron chi connectivity index (χ0n) is 15.0. The minimum absolute atomic E-state index is 0.0641. The van der Waals surface area contributed by atoms with Gasteiger partial charge in [-0.1, -0.05) is 18.2 Å². The first-order valence-electron chi connectivity index (χ1n) is 8.89. The van der Waals surface area contributed by atoms with Crippen molar-refractivity contribution >= 4 is 11.6 Å². The summed E-state index contributed by atoms with van der Waals surface area (Å²) in [6.45, 7) is 4.04. The van der Waals surface area contributed by atoms with Crippen molar-refractivity contribution in [2.24, 2.45) is 0 Å². The van der Waals surface area contributed by atoms with Gasteiger partial charge in [0.05, 0.1) is 23.3 Å². The number of hydrogen-bond acceptors (Lipinski definition) is 4. The summed E-state index contributed by atoms with van der Waals surface area (Å²) in [7, 11) is 0. The van der Waals surface area contributed by atoms with Crippen molar-refractivity contribution in [2.45, 2.75) is 6.92 Å². The number of piperazine rings is 1. The second-order valence-electron chi connectivity index (χ2n) is 6.52. The van der Waals surface area contributed by atoms with Crippen LogP contribution in [0.4, 0.5) is 10.1 Å². The second-order valence-corrected chi connectivity index (χ2v) is 6.52. The Kier molecular flexibility index (Phi) is 4.58. The van der Waals surface area contributed by atoms with Gasteiger partial charge in [-0.3, -0.25) is 9.78 Å². The molecule has 0 spiro atoms. The van der Waals surface area contributed by atoms with Crippen molar-refractivity contribution in [3.05, 3.63) is 72.1 Å². The molecule has 4 rings (SSSR count). The Bertz CT molecular complexity index is 948. The minimum Gasteiger partial charge on any atom is -0.364 e. The Hall–Kier alpha value is -3.22. The van der Waals surface area contributed by atoms with Crippen molar-refractivity contribution in [3.63, 3.8) is 0 Å². The lowest BCUT2D eigenvalue weighted by Crippen LogP contribution is -2.49. The topological polar surface area (TPSA) is 54.3 Å². The minimum atomic E-state index is -0.289. The van der Waals surface area contributed by atoms with E-state index in [1.807, 2.05) is 48.2 Å². The number of aromatic nitrogens is 3. The lowest BCUT2D eigenvalue weighted by Gasteiger charge is -2.36. The van der Waals surface area contributed by atoms with Crippen LogP contribution >= 0.6 is 0 Å². The molecule has 1 amide bonds. The van der Waals surface area contributed by atoms with E-state index < -0.39 is 0 Å². The Morgan fingerprint density at radius 1 is 1.07 bits per heavy atom. The summed E-state index contributed by atoms with van der Waals surface area (Å²) in [5.41, 5.74) is 2.66. The van der Waals surface area contributed by atoms with Crippen molar-refractivity contribution in [3.8, 4) is 5.69 Å². The maximum Gasteiger partial charge on any atom is 0.272 e. The van der Waals surface area contributed by atoms with Crippen LogP contribution in [0.3, 0.4) is 0 Å². The van der Waals surface area contributed by atoms with Gasteiger partial charge in [0.25, 0.3) is 5.91 Å². The van der Waals surface area contributed by atoms with Crippen molar-refractivity contribution in [1.82, 2.24) is 19.7 Å². The molecule has 0 aliphatic carbocycles. The van der Waals surface area contributed by atoms with E-state index in [9.17, 15) is 9.18 Å². The number of hydrogen-bond donors (Lipinski definition) is 0. The van der Waals surface area contributed by atoms with E-state index in [0.29, 0.717) is 37.6 Å². The second kappa shape index (κ2) is 7.19. The number of benzene rings is 1. The Morgan fingerprint density at radius 3 is 2.52 bits per heavy atom. The molecule has 138 valence electrons. The smallest absolute Gasteiger partial charge is 0.272 e. The van der Waals surface area contributed by atoms with Crippen LogP contribution in [0, 0.1) is 12.7 Å². The maximum atomic E-state index is 14.0. The summed E-state index contributed by atoms with van der Waals surface area (Å²) in [4.78, 5) is 20.8. The van der Waals surface area contributed by atoms with E-state index in [1.54, 1.807) is 9.58 Å². The molecular formula is C20H20FN5O. The number of aryl methyl sites for hydroxylation is 1. The average Bonchev–Trinajstić information content (AvgIpc) is 3.10. The van der Waals surface area contributed by atoms with Crippen LogP contribution in [0.25, 0.3) is 5.69 Å². The van der Waals surface area contributed by atoms with Crippen LogP contribution in [-0.2, 0) is 0 Å². The van der Waals surface area contributed by atoms with Crippen LogP contribution in [-0.4, -0.2) is 51.8 Å². The molecular weight excluding hydrogens is 345 g/mol. The molecule has 0 bridgehead atoms. The van der Waals surface area contributed by atoms with Crippen LogP contribution < -0.4 is 4.90 Å². The van der Waals surface area contributed by atoms with E-state index in [0.717, 1.165) is 11.4 Å². The molecule has 27 heavy (non-hydrogen) atoms. The first-order valence-corrected chi connectivity index (χ1v) is 8.89. The normalized spacial score (nSPS) is 14.4. The highest BCUT2D eigenvalue weighted by molar-refractivity contribution is 5.93. The summed E-state index contributed by atoms with van der Waals surface area (Å²) in [6, 6.07) is 12.8. The van der Waals surface area contributed by atoms with Crippen LogP contribution in [0.15, 0.2) is 54.9 Å². The van der Waals surface area contributed by atoms with E-state index in [-0.39, 0.29) is 11.7 Å². The molecule has 7 heteroatoms. The van der Waals surface area contributed by atoms with Gasteiger partial charge in [-0.15, -0.1) is 0 Å². The molecule has 6 nitrogen and oxygen atoms in total. The number of carbonyl (C=O) groups excluding carboxylic acids is 1. The fourth-order valence-electron chi connectivity index (χ4n) is 3.33. The number of anilines is 1. The third-order valence-corrected chi connectivity index (χ3v) is 4.71. The van der Waals surface area contributed by atoms with Gasteiger partial charge in [0.1, 0.15) is 11.5 Å². The van der Waals surface area contributed by atoms with Gasteiger partial charge in [-0.2, -0.15) is 5.10 Å². The molecule has 3 aromatic rings. The van der Waals surface area contributed by atoms with Gasteiger partial charge >= 0.3 is 0 Å². The van der Waals surface area contributed by atoms with Gasteiger partial charge in [-0.05, 0) is 31.2 Å². The highest BCUT2D eigenvalue weighted by Crippen LogP contribution is 2.20. The Morgan fingerprint density at radius 2 is 1.81 bits per heavy atom. The monoisotopic (exact) mass is 365 g/mol. The summed E-state index contributed by atoms with van der Waals surface area (Å²) < 4.78 is 15.6. The summed E-state index contributed by atoms with van der Waals surface area (Å²) in [5.74, 6) is -0.353. The molecule has 2 aromatic heterocycles. The molecule has 0 saturated carbocycles. The molecule has 0 atom stereocenters. The third kappa shape index (κ3) is 3.40. The number of amides is 1. The highest BCUT2D eigenvalue weighted by atomic mass is 19.1. The van der Waals surface area contributed by atoms with E-state index in [1.165, 1.54) is 18.5 Å². The predicted octanol–water partition coefficient (Wildman–Crippen LogP) is 2.68. The molecule has 1 aliphatic rings. The molecule has 0 N–H and O–H groups in total. The Labute approximate surface area is 156 Å². The molecule has 3 heterocycles. The quantitative estimate of drug-likeness (QED) is 0.716. The first kappa shape index (κ1) is 17.2. The number of pyridine rings is 1. The van der Waals surface area contributed by atoms with Gasteiger partial charge in [0.15, 0.2) is 0 Å². The standard InChI is InChI=1S/C20H20FN5O/c1-15-13-18(26(23-15)16-5-3-2-4-6-16)20(27)25-11-9-24(10-12-25)19-14-22-8-7-17(19)21/h2-8,13-14H,9-12H2,1H3. The zero-order chi connectivity index (χ0) is 18.8. The fourth-order valence-corrected chi connectivity index (χ4v) is 3.33. The lowest BCUT2D eigenvalue weighted by molar-refractivity contribution is 0.0737. The first-order chi connectivity index (χ1) is 13.1. The highest BCUT2D eigenvalue weighted by Gasteiger charge is 2.26. The van der Waals surface area contributed by atoms with Crippen molar-refractivity contribution < 1.29 is 9.18 Å². The molecule has 0 radical (unpaired) electrons. The number of nitrogens with zero attached hydrogens (tertiary/aromatic N) is 5. The van der Waals surface area contributed by atoms with Crippen LogP contribution in [0.1, 0.15) is 16.2 Å². The van der Waals surface area contributed by atoms with E-state index in [2.05, 4.69) is 10.1 Å². The van der Waals surface area contributed by atoms with Crippen LogP contribution in [0.5, 0.6) is 0 Å². The SMILES string of the molecule is Cc1cc(C(=O)N2CCN(c3cnccc3F)CC2)n(-c2ccccc2)n1. The molecule has 1 aliphatic heterocycles. The third-order valence-electron chi connectivity index (χ3n) is 4.71. The van der Waals surface area contributed by atoms with Gasteiger partial charge in [0, 0.05) is 32.4 Å². The van der Waals surface area contributed by atoms with Crippen LogP contribution in [0.2, 0.25) is 0 Å². The fraction of sp³-hybridized carbons (Fsp3) is 0.250. The number of para-hydroxylation sites is 1. The largest absolute Gasteiger partial charge is 0.364 e. The van der Waals surface area contributed by atoms with Crippen molar-refractivity contribution in [2.75, 3.05) is 31.1 Å². The predicted molar refractivity (Wildman–Crippen MR) is 101 cm³/mol. The summed E-state index contributed by atoms with van der Waals surface area (Å²) in [5, 5.41) is 4.47. The van der Waals surface area contributed by atoms with Gasteiger partial charge in [0.2, 0.25) is 0 Å². The Balaban J connectivity index is 1.52. The van der Waals surface area contributed by atoms with Crippen molar-refractivity contribution in [1.29, 1.82) is 0 Å². The van der Waals surface area contributed by atoms with E-state index in [4.69, 9.17) is 0 Å².